The van der Waals surface area contributed by atoms with Crippen LogP contribution in [0.15, 0.2) is 29.3 Å². The van der Waals surface area contributed by atoms with E-state index in [-0.39, 0.29) is 11.0 Å². The second-order valence-electron chi connectivity index (χ2n) is 7.39. The lowest BCUT2D eigenvalue weighted by Gasteiger charge is -2.27. The highest BCUT2D eigenvalue weighted by atomic mass is 16.1. The van der Waals surface area contributed by atoms with Gasteiger partial charge in [0.25, 0.3) is 0 Å². The SMILES string of the molecule is CC(C)c1cnc(C(C)CC(C)(C)Cc2cc[nH]c(=O)c2)[nH]1. The van der Waals surface area contributed by atoms with E-state index in [1.54, 1.807) is 12.3 Å². The van der Waals surface area contributed by atoms with Crippen LogP contribution in [-0.4, -0.2) is 15.0 Å². The first-order chi connectivity index (χ1) is 10.3. The lowest BCUT2D eigenvalue weighted by molar-refractivity contribution is 0.305. The normalized spacial score (nSPS) is 13.5. The smallest absolute Gasteiger partial charge is 0.248 e. The van der Waals surface area contributed by atoms with Crippen LogP contribution in [-0.2, 0) is 6.42 Å². The van der Waals surface area contributed by atoms with Gasteiger partial charge in [0.05, 0.1) is 0 Å². The van der Waals surface area contributed by atoms with E-state index >= 15 is 0 Å². The standard InChI is InChI=1S/C18H27N3O/c1-12(2)15-11-20-17(21-15)13(3)9-18(4,5)10-14-6-7-19-16(22)8-14/h6-8,11-13H,9-10H2,1-5H3,(H,19,22)(H,20,21). The summed E-state index contributed by atoms with van der Waals surface area (Å²) in [6.07, 6.45) is 5.57. The minimum atomic E-state index is -0.0334. The summed E-state index contributed by atoms with van der Waals surface area (Å²) in [4.78, 5) is 22.1. The zero-order valence-electron chi connectivity index (χ0n) is 14.2. The Hall–Kier alpha value is -1.84. The van der Waals surface area contributed by atoms with E-state index in [2.05, 4.69) is 49.6 Å². The molecule has 1 unspecified atom stereocenters. The van der Waals surface area contributed by atoms with Crippen LogP contribution in [0.1, 0.15) is 70.0 Å². The summed E-state index contributed by atoms with van der Waals surface area (Å²) in [5.41, 5.74) is 2.35. The highest BCUT2D eigenvalue weighted by Crippen LogP contribution is 2.33. The molecule has 0 saturated heterocycles. The van der Waals surface area contributed by atoms with Crippen LogP contribution in [0.5, 0.6) is 0 Å². The van der Waals surface area contributed by atoms with Crippen molar-refractivity contribution in [3.63, 3.8) is 0 Å². The fourth-order valence-electron chi connectivity index (χ4n) is 3.04. The maximum absolute atomic E-state index is 11.4. The number of rotatable bonds is 6. The molecule has 0 saturated carbocycles. The van der Waals surface area contributed by atoms with Crippen molar-refractivity contribution in [3.05, 3.63) is 52.0 Å². The third-order valence-corrected chi connectivity index (χ3v) is 4.08. The van der Waals surface area contributed by atoms with Gasteiger partial charge in [-0.3, -0.25) is 4.79 Å². The summed E-state index contributed by atoms with van der Waals surface area (Å²) in [5, 5.41) is 0. The number of hydrogen-bond donors (Lipinski definition) is 2. The average Bonchev–Trinajstić information content (AvgIpc) is 2.87. The van der Waals surface area contributed by atoms with Crippen molar-refractivity contribution in [2.75, 3.05) is 0 Å². The Bertz CT molecular complexity index is 667. The summed E-state index contributed by atoms with van der Waals surface area (Å²) in [6, 6.07) is 3.67. The molecule has 0 radical (unpaired) electrons. The minimum absolute atomic E-state index is 0.0334. The number of aromatic nitrogens is 3. The van der Waals surface area contributed by atoms with Gasteiger partial charge >= 0.3 is 0 Å². The number of aromatic amines is 2. The highest BCUT2D eigenvalue weighted by Gasteiger charge is 2.24. The third kappa shape index (κ3) is 4.33. The van der Waals surface area contributed by atoms with Gasteiger partial charge in [0.2, 0.25) is 5.56 Å². The van der Waals surface area contributed by atoms with Crippen LogP contribution in [0, 0.1) is 5.41 Å². The Kier molecular flexibility index (Phi) is 4.89. The van der Waals surface area contributed by atoms with Crippen molar-refractivity contribution < 1.29 is 0 Å². The summed E-state index contributed by atoms with van der Waals surface area (Å²) in [7, 11) is 0. The lowest BCUT2D eigenvalue weighted by Crippen LogP contribution is -2.19. The zero-order chi connectivity index (χ0) is 16.3. The summed E-state index contributed by atoms with van der Waals surface area (Å²) < 4.78 is 0. The largest absolute Gasteiger partial charge is 0.345 e. The quantitative estimate of drug-likeness (QED) is 0.847. The van der Waals surface area contributed by atoms with Gasteiger partial charge in [-0.2, -0.15) is 0 Å². The van der Waals surface area contributed by atoms with E-state index in [0.717, 1.165) is 24.2 Å². The molecule has 4 heteroatoms. The first-order valence-corrected chi connectivity index (χ1v) is 7.99. The highest BCUT2D eigenvalue weighted by molar-refractivity contribution is 5.13. The first-order valence-electron chi connectivity index (χ1n) is 7.99. The Labute approximate surface area is 132 Å². The van der Waals surface area contributed by atoms with Gasteiger partial charge in [-0.15, -0.1) is 0 Å². The maximum atomic E-state index is 11.4. The molecule has 0 fully saturated rings. The fraction of sp³-hybridized carbons (Fsp3) is 0.556. The van der Waals surface area contributed by atoms with Gasteiger partial charge in [-0.25, -0.2) is 4.98 Å². The van der Waals surface area contributed by atoms with Crippen molar-refractivity contribution in [1.82, 2.24) is 15.0 Å². The van der Waals surface area contributed by atoms with Crippen molar-refractivity contribution >= 4 is 0 Å². The molecular weight excluding hydrogens is 274 g/mol. The van der Waals surface area contributed by atoms with Crippen molar-refractivity contribution in [2.45, 2.75) is 59.3 Å². The molecule has 2 aromatic rings. The molecule has 2 aromatic heterocycles. The Morgan fingerprint density at radius 3 is 2.59 bits per heavy atom. The van der Waals surface area contributed by atoms with E-state index in [1.165, 1.54) is 5.69 Å². The van der Waals surface area contributed by atoms with E-state index in [4.69, 9.17) is 0 Å². The molecule has 2 heterocycles. The molecule has 2 N–H and O–H groups in total. The molecule has 22 heavy (non-hydrogen) atoms. The molecule has 1 atom stereocenters. The number of H-pyrrole nitrogens is 2. The van der Waals surface area contributed by atoms with E-state index in [1.807, 2.05) is 12.3 Å². The molecule has 0 aliphatic rings. The molecule has 0 bridgehead atoms. The molecule has 0 aromatic carbocycles. The minimum Gasteiger partial charge on any atom is -0.345 e. The van der Waals surface area contributed by atoms with Gasteiger partial charge in [0.1, 0.15) is 5.82 Å². The van der Waals surface area contributed by atoms with Crippen LogP contribution in [0.25, 0.3) is 0 Å². The van der Waals surface area contributed by atoms with E-state index < -0.39 is 0 Å². The van der Waals surface area contributed by atoms with Gasteiger partial charge in [0.15, 0.2) is 0 Å². The second kappa shape index (κ2) is 6.51. The second-order valence-corrected chi connectivity index (χ2v) is 7.39. The predicted molar refractivity (Wildman–Crippen MR) is 90.3 cm³/mol. The lowest BCUT2D eigenvalue weighted by atomic mass is 9.78. The third-order valence-electron chi connectivity index (χ3n) is 4.08. The first kappa shape index (κ1) is 16.5. The molecular formula is C18H27N3O. The summed E-state index contributed by atoms with van der Waals surface area (Å²) in [6.45, 7) is 11.0. The monoisotopic (exact) mass is 301 g/mol. The predicted octanol–water partition coefficient (Wildman–Crippen LogP) is 3.98. The van der Waals surface area contributed by atoms with Crippen LogP contribution < -0.4 is 5.56 Å². The van der Waals surface area contributed by atoms with Gasteiger partial charge in [0, 0.05) is 30.1 Å². The average molecular weight is 301 g/mol. The van der Waals surface area contributed by atoms with Crippen molar-refractivity contribution in [2.24, 2.45) is 5.41 Å². The number of hydrogen-bond acceptors (Lipinski definition) is 2. The van der Waals surface area contributed by atoms with Crippen LogP contribution in [0.3, 0.4) is 0 Å². The Morgan fingerprint density at radius 2 is 2.00 bits per heavy atom. The van der Waals surface area contributed by atoms with Gasteiger partial charge < -0.3 is 9.97 Å². The van der Waals surface area contributed by atoms with Crippen LogP contribution >= 0.6 is 0 Å². The molecule has 2 rings (SSSR count). The number of pyridine rings is 1. The number of nitrogens with zero attached hydrogens (tertiary/aromatic N) is 1. The maximum Gasteiger partial charge on any atom is 0.248 e. The summed E-state index contributed by atoms with van der Waals surface area (Å²) in [5.74, 6) is 1.89. The van der Waals surface area contributed by atoms with Gasteiger partial charge in [-0.1, -0.05) is 34.6 Å². The molecule has 120 valence electrons. The molecule has 0 spiro atoms. The van der Waals surface area contributed by atoms with Crippen LogP contribution in [0.4, 0.5) is 0 Å². The molecule has 0 amide bonds. The molecule has 4 nitrogen and oxygen atoms in total. The van der Waals surface area contributed by atoms with Crippen molar-refractivity contribution in [1.29, 1.82) is 0 Å². The zero-order valence-corrected chi connectivity index (χ0v) is 14.2. The summed E-state index contributed by atoms with van der Waals surface area (Å²) >= 11 is 0. The molecule has 0 aliphatic heterocycles. The van der Waals surface area contributed by atoms with Gasteiger partial charge in [-0.05, 0) is 35.8 Å². The van der Waals surface area contributed by atoms with E-state index in [9.17, 15) is 4.79 Å². The number of imidazole rings is 1. The Balaban J connectivity index is 2.05. The van der Waals surface area contributed by atoms with Crippen molar-refractivity contribution in [3.8, 4) is 0 Å². The fourth-order valence-corrected chi connectivity index (χ4v) is 3.04. The van der Waals surface area contributed by atoms with E-state index in [0.29, 0.717) is 11.8 Å². The Morgan fingerprint density at radius 1 is 1.27 bits per heavy atom. The molecule has 0 aliphatic carbocycles. The van der Waals surface area contributed by atoms with Crippen LogP contribution in [0.2, 0.25) is 0 Å². The number of nitrogens with one attached hydrogen (secondary N) is 2. The topological polar surface area (TPSA) is 61.5 Å².